The number of amides is 2. The van der Waals surface area contributed by atoms with Gasteiger partial charge in [-0.1, -0.05) is 0 Å². The molecule has 0 spiro atoms. The predicted octanol–water partition coefficient (Wildman–Crippen LogP) is 1.09. The van der Waals surface area contributed by atoms with Gasteiger partial charge in [-0.2, -0.15) is 0 Å². The number of thiophene rings is 1. The molecule has 3 aromatic rings. The van der Waals surface area contributed by atoms with E-state index in [1.807, 2.05) is 6.07 Å². The number of primary amides is 1. The molecule has 0 aromatic carbocycles. The van der Waals surface area contributed by atoms with E-state index in [9.17, 15) is 9.59 Å². The van der Waals surface area contributed by atoms with Gasteiger partial charge in [0.1, 0.15) is 17.3 Å². The number of aromatic nitrogens is 4. The number of imidazole rings is 2. The normalized spacial score (nSPS) is 13.8. The van der Waals surface area contributed by atoms with Crippen molar-refractivity contribution in [2.45, 2.75) is 13.1 Å². The number of carbonyl (C=O) groups excluding carboxylic acids is 2. The average Bonchev–Trinajstić information content (AvgIpc) is 3.31. The minimum atomic E-state index is -0.505. The zero-order valence-electron chi connectivity index (χ0n) is 12.6. The third-order valence-corrected chi connectivity index (χ3v) is 5.03. The highest BCUT2D eigenvalue weighted by Crippen LogP contribution is 2.27. The van der Waals surface area contributed by atoms with Gasteiger partial charge in [-0.3, -0.25) is 9.59 Å². The number of aromatic amines is 1. The molecule has 3 aromatic heterocycles. The highest BCUT2D eigenvalue weighted by atomic mass is 32.1. The summed E-state index contributed by atoms with van der Waals surface area (Å²) >= 11 is 1.40. The SMILES string of the molecule is NC(=O)c1cnc2n1CCN(C(=O)c1ccc(-c3ncc[nH]3)s1)C2. The van der Waals surface area contributed by atoms with Crippen molar-refractivity contribution < 1.29 is 9.59 Å². The highest BCUT2D eigenvalue weighted by molar-refractivity contribution is 7.17. The molecular weight excluding hydrogens is 328 g/mol. The number of carbonyl (C=O) groups is 2. The molecule has 0 fully saturated rings. The molecule has 9 heteroatoms. The first-order chi connectivity index (χ1) is 11.6. The van der Waals surface area contributed by atoms with Crippen LogP contribution in [-0.2, 0) is 13.1 Å². The van der Waals surface area contributed by atoms with Gasteiger partial charge in [0, 0.05) is 25.5 Å². The van der Waals surface area contributed by atoms with Crippen LogP contribution in [0.5, 0.6) is 0 Å². The Bertz CT molecular complexity index is 910. The summed E-state index contributed by atoms with van der Waals surface area (Å²) in [4.78, 5) is 38.8. The van der Waals surface area contributed by atoms with Gasteiger partial charge in [-0.15, -0.1) is 11.3 Å². The molecule has 3 N–H and O–H groups in total. The Hall–Kier alpha value is -2.94. The number of nitrogens with two attached hydrogens (primary N) is 1. The third-order valence-electron chi connectivity index (χ3n) is 3.95. The average molecular weight is 342 g/mol. The van der Waals surface area contributed by atoms with Crippen LogP contribution in [0.25, 0.3) is 10.7 Å². The molecule has 8 nitrogen and oxygen atoms in total. The van der Waals surface area contributed by atoms with Gasteiger partial charge in [-0.05, 0) is 12.1 Å². The lowest BCUT2D eigenvalue weighted by molar-refractivity contribution is 0.0711. The van der Waals surface area contributed by atoms with Gasteiger partial charge in [0.25, 0.3) is 11.8 Å². The van der Waals surface area contributed by atoms with E-state index in [2.05, 4.69) is 15.0 Å². The van der Waals surface area contributed by atoms with Gasteiger partial charge in [-0.25, -0.2) is 9.97 Å². The van der Waals surface area contributed by atoms with E-state index in [-0.39, 0.29) is 5.91 Å². The van der Waals surface area contributed by atoms with E-state index in [0.717, 1.165) is 10.7 Å². The van der Waals surface area contributed by atoms with E-state index >= 15 is 0 Å². The second-order valence-corrected chi connectivity index (χ2v) is 6.49. The molecule has 2 amide bonds. The van der Waals surface area contributed by atoms with E-state index in [4.69, 9.17) is 5.73 Å². The maximum Gasteiger partial charge on any atom is 0.266 e. The summed E-state index contributed by atoms with van der Waals surface area (Å²) in [6, 6.07) is 3.69. The zero-order chi connectivity index (χ0) is 16.7. The predicted molar refractivity (Wildman–Crippen MR) is 87.4 cm³/mol. The first-order valence-electron chi connectivity index (χ1n) is 7.36. The van der Waals surface area contributed by atoms with Crippen LogP contribution in [0, 0.1) is 0 Å². The number of H-pyrrole nitrogens is 1. The van der Waals surface area contributed by atoms with Crippen LogP contribution in [0.4, 0.5) is 0 Å². The molecule has 4 heterocycles. The van der Waals surface area contributed by atoms with Crippen molar-refractivity contribution in [3.63, 3.8) is 0 Å². The number of rotatable bonds is 3. The molecule has 0 saturated heterocycles. The van der Waals surface area contributed by atoms with E-state index in [1.54, 1.807) is 27.9 Å². The molecule has 0 saturated carbocycles. The molecule has 0 atom stereocenters. The van der Waals surface area contributed by atoms with Crippen molar-refractivity contribution in [2.75, 3.05) is 6.54 Å². The highest BCUT2D eigenvalue weighted by Gasteiger charge is 2.26. The first kappa shape index (κ1) is 14.6. The van der Waals surface area contributed by atoms with Crippen molar-refractivity contribution in [1.82, 2.24) is 24.4 Å². The number of hydrogen-bond donors (Lipinski definition) is 2. The van der Waals surface area contributed by atoms with Gasteiger partial charge in [0.05, 0.1) is 22.5 Å². The van der Waals surface area contributed by atoms with Crippen molar-refractivity contribution in [2.24, 2.45) is 5.73 Å². The molecule has 1 aliphatic heterocycles. The van der Waals surface area contributed by atoms with Crippen molar-refractivity contribution in [3.05, 3.63) is 47.1 Å². The van der Waals surface area contributed by atoms with Crippen LogP contribution >= 0.6 is 11.3 Å². The van der Waals surface area contributed by atoms with Gasteiger partial charge in [0.2, 0.25) is 0 Å². The van der Waals surface area contributed by atoms with Crippen molar-refractivity contribution in [1.29, 1.82) is 0 Å². The first-order valence-corrected chi connectivity index (χ1v) is 8.18. The fourth-order valence-corrected chi connectivity index (χ4v) is 3.70. The zero-order valence-corrected chi connectivity index (χ0v) is 13.4. The van der Waals surface area contributed by atoms with Gasteiger partial charge >= 0.3 is 0 Å². The monoisotopic (exact) mass is 342 g/mol. The molecule has 122 valence electrons. The maximum absolute atomic E-state index is 12.7. The lowest BCUT2D eigenvalue weighted by Crippen LogP contribution is -2.39. The lowest BCUT2D eigenvalue weighted by Gasteiger charge is -2.27. The summed E-state index contributed by atoms with van der Waals surface area (Å²) in [7, 11) is 0. The Balaban J connectivity index is 1.54. The van der Waals surface area contributed by atoms with Crippen molar-refractivity contribution >= 4 is 23.2 Å². The Morgan fingerprint density at radius 1 is 1.25 bits per heavy atom. The number of nitrogens with one attached hydrogen (secondary N) is 1. The van der Waals surface area contributed by atoms with Crippen LogP contribution in [0.15, 0.2) is 30.7 Å². The molecule has 4 rings (SSSR count). The second-order valence-electron chi connectivity index (χ2n) is 5.40. The topological polar surface area (TPSA) is 110 Å². The van der Waals surface area contributed by atoms with Gasteiger partial charge in [0.15, 0.2) is 0 Å². The van der Waals surface area contributed by atoms with Gasteiger partial charge < -0.3 is 20.2 Å². The Morgan fingerprint density at radius 3 is 2.88 bits per heavy atom. The summed E-state index contributed by atoms with van der Waals surface area (Å²) in [6.07, 6.45) is 4.89. The molecule has 24 heavy (non-hydrogen) atoms. The molecule has 1 aliphatic rings. The van der Waals surface area contributed by atoms with Crippen molar-refractivity contribution in [3.8, 4) is 10.7 Å². The van der Waals surface area contributed by atoms with E-state index in [1.165, 1.54) is 17.5 Å². The quantitative estimate of drug-likeness (QED) is 0.742. The van der Waals surface area contributed by atoms with E-state index < -0.39 is 5.91 Å². The summed E-state index contributed by atoms with van der Waals surface area (Å²) < 4.78 is 1.77. The van der Waals surface area contributed by atoms with Crippen LogP contribution in [0.2, 0.25) is 0 Å². The van der Waals surface area contributed by atoms with Crippen LogP contribution < -0.4 is 5.73 Å². The molecular formula is C15H14N6O2S. The Kier molecular flexibility index (Phi) is 3.42. The van der Waals surface area contributed by atoms with Crippen LogP contribution in [0.3, 0.4) is 0 Å². The molecule has 0 bridgehead atoms. The smallest absolute Gasteiger partial charge is 0.266 e. The summed E-state index contributed by atoms with van der Waals surface area (Å²) in [5, 5.41) is 0. The molecule has 0 aliphatic carbocycles. The summed E-state index contributed by atoms with van der Waals surface area (Å²) in [5.41, 5.74) is 5.71. The summed E-state index contributed by atoms with van der Waals surface area (Å²) in [5.74, 6) is 0.869. The number of nitrogens with zero attached hydrogens (tertiary/aromatic N) is 4. The Morgan fingerprint density at radius 2 is 2.12 bits per heavy atom. The Labute approximate surface area is 140 Å². The number of fused-ring (bicyclic) bond motifs is 1. The minimum Gasteiger partial charge on any atom is -0.364 e. The maximum atomic E-state index is 12.7. The fourth-order valence-electron chi connectivity index (χ4n) is 2.77. The number of hydrogen-bond acceptors (Lipinski definition) is 5. The largest absolute Gasteiger partial charge is 0.364 e. The van der Waals surface area contributed by atoms with Crippen LogP contribution in [0.1, 0.15) is 26.0 Å². The van der Waals surface area contributed by atoms with E-state index in [0.29, 0.717) is 36.0 Å². The van der Waals surface area contributed by atoms with Crippen LogP contribution in [-0.4, -0.2) is 42.8 Å². The molecule has 0 unspecified atom stereocenters. The standard InChI is InChI=1S/C15H14N6O2S/c16-13(22)9-7-19-12-8-20(5-6-21(9)12)15(23)11-2-1-10(24-11)14-17-3-4-18-14/h1-4,7H,5-6,8H2,(H2,16,22)(H,17,18). The minimum absolute atomic E-state index is 0.0484. The lowest BCUT2D eigenvalue weighted by atomic mass is 10.3. The molecule has 0 radical (unpaired) electrons. The second kappa shape index (κ2) is 5.60. The summed E-state index contributed by atoms with van der Waals surface area (Å²) in [6.45, 7) is 1.38. The fraction of sp³-hybridized carbons (Fsp3) is 0.200. The third kappa shape index (κ3) is 2.38.